The molecule has 2 aromatic carbocycles. The van der Waals surface area contributed by atoms with Crippen LogP contribution < -0.4 is 5.32 Å². The summed E-state index contributed by atoms with van der Waals surface area (Å²) in [5.74, 6) is 0.264. The number of aromatic hydroxyl groups is 1. The molecular formula is C26H33BrN2O. The highest BCUT2D eigenvalue weighted by Crippen LogP contribution is 2.24. The van der Waals surface area contributed by atoms with Crippen molar-refractivity contribution in [2.24, 2.45) is 4.99 Å². The standard InChI is InChI=1S/C20H23NO.C6H10BrN/c1-16(19-12-6-7-13-20(19)22)15-17(2)21-14-8-11-18-9-4-3-5-10-18;1-5(2)6(7)4-8-3/h3-7,9-10,12-13,15,21-22H,1,8,11,14H2,2H3;4H,1-3H3/b17-15+;. The summed E-state index contributed by atoms with van der Waals surface area (Å²) in [5, 5.41) is 13.2. The van der Waals surface area contributed by atoms with Crippen LogP contribution in [0.25, 0.3) is 5.57 Å². The van der Waals surface area contributed by atoms with Crippen LogP contribution in [0.4, 0.5) is 0 Å². The van der Waals surface area contributed by atoms with E-state index in [4.69, 9.17) is 0 Å². The Morgan fingerprint density at radius 1 is 1.07 bits per heavy atom. The number of aryl methyl sites for hydroxylation is 1. The van der Waals surface area contributed by atoms with Crippen molar-refractivity contribution in [1.82, 2.24) is 5.32 Å². The lowest BCUT2D eigenvalue weighted by Crippen LogP contribution is -2.13. The number of phenols is 1. The van der Waals surface area contributed by atoms with Gasteiger partial charge in [-0.25, -0.2) is 0 Å². The Bertz CT molecular complexity index is 879. The predicted molar refractivity (Wildman–Crippen MR) is 135 cm³/mol. The second kappa shape index (κ2) is 14.4. The second-order valence-corrected chi connectivity index (χ2v) is 7.98. The Morgan fingerprint density at radius 3 is 2.27 bits per heavy atom. The summed E-state index contributed by atoms with van der Waals surface area (Å²) in [6.07, 6.45) is 5.91. The van der Waals surface area contributed by atoms with E-state index in [2.05, 4.69) is 57.1 Å². The number of nitrogens with one attached hydrogen (secondary N) is 1. The highest BCUT2D eigenvalue weighted by Gasteiger charge is 2.02. The average Bonchev–Trinajstić information content (AvgIpc) is 2.73. The molecule has 0 bridgehead atoms. The Kier molecular flexibility index (Phi) is 12.2. The Balaban J connectivity index is 0.000000479. The molecule has 30 heavy (non-hydrogen) atoms. The van der Waals surface area contributed by atoms with E-state index in [0.717, 1.165) is 40.7 Å². The number of allylic oxidation sites excluding steroid dienone is 5. The molecule has 160 valence electrons. The molecule has 2 N–H and O–H groups in total. The fraction of sp³-hybridized carbons (Fsp3) is 0.269. The Hall–Kier alpha value is -2.59. The number of rotatable bonds is 8. The van der Waals surface area contributed by atoms with Crippen LogP contribution in [0.1, 0.15) is 38.3 Å². The third-order valence-corrected chi connectivity index (χ3v) is 5.25. The number of hydrogen-bond donors (Lipinski definition) is 2. The molecule has 0 aliphatic heterocycles. The molecule has 0 saturated heterocycles. The first-order chi connectivity index (χ1) is 14.3. The predicted octanol–water partition coefficient (Wildman–Crippen LogP) is 6.91. The molecule has 0 aliphatic carbocycles. The summed E-state index contributed by atoms with van der Waals surface area (Å²) in [7, 11) is 1.75. The summed E-state index contributed by atoms with van der Waals surface area (Å²) in [5.41, 5.74) is 5.25. The Morgan fingerprint density at radius 2 is 1.70 bits per heavy atom. The third-order valence-electron chi connectivity index (χ3n) is 4.25. The van der Waals surface area contributed by atoms with E-state index in [0.29, 0.717) is 0 Å². The van der Waals surface area contributed by atoms with Crippen LogP contribution in [0, 0.1) is 0 Å². The van der Waals surface area contributed by atoms with Crippen LogP contribution in [0.3, 0.4) is 0 Å². The first kappa shape index (κ1) is 25.4. The van der Waals surface area contributed by atoms with Crippen molar-refractivity contribution in [3.63, 3.8) is 0 Å². The Labute approximate surface area is 190 Å². The van der Waals surface area contributed by atoms with Crippen molar-refractivity contribution in [1.29, 1.82) is 0 Å². The van der Waals surface area contributed by atoms with Crippen molar-refractivity contribution in [2.45, 2.75) is 33.6 Å². The zero-order valence-corrected chi connectivity index (χ0v) is 20.0. The van der Waals surface area contributed by atoms with E-state index in [1.807, 2.05) is 51.1 Å². The molecule has 0 heterocycles. The fourth-order valence-corrected chi connectivity index (χ4v) is 2.81. The van der Waals surface area contributed by atoms with Gasteiger partial charge in [-0.2, -0.15) is 0 Å². The largest absolute Gasteiger partial charge is 0.507 e. The maximum Gasteiger partial charge on any atom is 0.123 e. The zero-order valence-electron chi connectivity index (χ0n) is 18.5. The van der Waals surface area contributed by atoms with E-state index >= 15 is 0 Å². The number of nitrogens with zero attached hydrogens (tertiary/aromatic N) is 1. The first-order valence-corrected chi connectivity index (χ1v) is 10.8. The summed E-state index contributed by atoms with van der Waals surface area (Å²) in [4.78, 5) is 3.83. The molecule has 4 heteroatoms. The first-order valence-electron chi connectivity index (χ1n) is 10.0. The summed E-state index contributed by atoms with van der Waals surface area (Å²) >= 11 is 3.33. The summed E-state index contributed by atoms with van der Waals surface area (Å²) in [6.45, 7) is 11.0. The molecule has 0 aliphatic rings. The van der Waals surface area contributed by atoms with Gasteiger partial charge in [0.15, 0.2) is 0 Å². The summed E-state index contributed by atoms with van der Waals surface area (Å²) < 4.78 is 1.07. The van der Waals surface area contributed by atoms with Crippen molar-refractivity contribution in [3.8, 4) is 5.75 Å². The highest BCUT2D eigenvalue weighted by atomic mass is 79.9. The van der Waals surface area contributed by atoms with Crippen LogP contribution in [0.5, 0.6) is 5.75 Å². The maximum atomic E-state index is 9.82. The van der Waals surface area contributed by atoms with Gasteiger partial charge in [0.1, 0.15) is 5.75 Å². The van der Waals surface area contributed by atoms with Gasteiger partial charge in [0.05, 0.1) is 0 Å². The molecule has 0 saturated carbocycles. The maximum absolute atomic E-state index is 9.82. The van der Waals surface area contributed by atoms with Gasteiger partial charge in [0.2, 0.25) is 0 Å². The van der Waals surface area contributed by atoms with Crippen LogP contribution >= 0.6 is 15.9 Å². The lowest BCUT2D eigenvalue weighted by molar-refractivity contribution is 0.474. The summed E-state index contributed by atoms with van der Waals surface area (Å²) in [6, 6.07) is 17.8. The number of phenolic OH excluding ortho intramolecular Hbond substituents is 1. The van der Waals surface area contributed by atoms with Crippen molar-refractivity contribution >= 4 is 27.7 Å². The van der Waals surface area contributed by atoms with Gasteiger partial charge in [-0.3, -0.25) is 4.99 Å². The van der Waals surface area contributed by atoms with Gasteiger partial charge in [-0.15, -0.1) is 0 Å². The minimum Gasteiger partial charge on any atom is -0.507 e. The molecule has 2 rings (SSSR count). The van der Waals surface area contributed by atoms with Gasteiger partial charge in [0.25, 0.3) is 0 Å². The quantitative estimate of drug-likeness (QED) is 0.251. The minimum atomic E-state index is 0.264. The van der Waals surface area contributed by atoms with Crippen LogP contribution in [0.15, 0.2) is 88.0 Å². The van der Waals surface area contributed by atoms with Gasteiger partial charge in [-0.1, -0.05) is 60.7 Å². The van der Waals surface area contributed by atoms with E-state index in [1.54, 1.807) is 19.3 Å². The van der Waals surface area contributed by atoms with E-state index in [-0.39, 0.29) is 5.75 Å². The molecule has 2 aromatic rings. The van der Waals surface area contributed by atoms with Gasteiger partial charge >= 0.3 is 0 Å². The lowest BCUT2D eigenvalue weighted by Gasteiger charge is -2.09. The van der Waals surface area contributed by atoms with Gasteiger partial charge < -0.3 is 10.4 Å². The van der Waals surface area contributed by atoms with Crippen LogP contribution in [-0.4, -0.2) is 24.9 Å². The van der Waals surface area contributed by atoms with Gasteiger partial charge in [0, 0.05) is 35.5 Å². The SMILES string of the molecule is C=C(/C=C(\C)NCCCc1ccccc1)c1ccccc1O.CN=CC(Br)=C(C)C. The van der Waals surface area contributed by atoms with E-state index < -0.39 is 0 Å². The third kappa shape index (κ3) is 10.3. The van der Waals surface area contributed by atoms with Crippen LogP contribution in [-0.2, 0) is 6.42 Å². The highest BCUT2D eigenvalue weighted by molar-refractivity contribution is 9.12. The normalized spacial score (nSPS) is 10.9. The molecule has 0 aromatic heterocycles. The minimum absolute atomic E-state index is 0.264. The smallest absolute Gasteiger partial charge is 0.123 e. The van der Waals surface area contributed by atoms with E-state index in [1.165, 1.54) is 11.1 Å². The number of aliphatic imine (C=N–C) groups is 1. The van der Waals surface area contributed by atoms with Crippen molar-refractivity contribution in [2.75, 3.05) is 13.6 Å². The molecular weight excluding hydrogens is 436 g/mol. The molecule has 0 amide bonds. The molecule has 0 fully saturated rings. The molecule has 0 atom stereocenters. The molecule has 0 radical (unpaired) electrons. The lowest BCUT2D eigenvalue weighted by atomic mass is 10.1. The molecule has 0 spiro atoms. The van der Waals surface area contributed by atoms with Crippen LogP contribution in [0.2, 0.25) is 0 Å². The van der Waals surface area contributed by atoms with Crippen molar-refractivity contribution in [3.05, 3.63) is 94.1 Å². The number of benzene rings is 2. The monoisotopic (exact) mass is 468 g/mol. The number of hydrogen-bond acceptors (Lipinski definition) is 3. The fourth-order valence-electron chi connectivity index (χ4n) is 2.60. The second-order valence-electron chi connectivity index (χ2n) is 7.12. The molecule has 3 nitrogen and oxygen atoms in total. The zero-order chi connectivity index (χ0) is 22.4. The topological polar surface area (TPSA) is 44.6 Å². The molecule has 0 unspecified atom stereocenters. The van der Waals surface area contributed by atoms with Crippen molar-refractivity contribution < 1.29 is 5.11 Å². The average molecular weight is 469 g/mol. The number of halogens is 1. The number of para-hydroxylation sites is 1. The van der Waals surface area contributed by atoms with E-state index in [9.17, 15) is 5.11 Å². The van der Waals surface area contributed by atoms with Gasteiger partial charge in [-0.05, 0) is 72.8 Å².